The molecule has 0 radical (unpaired) electrons. The Morgan fingerprint density at radius 3 is 2.28 bits per heavy atom. The number of aromatic nitrogens is 4. The Morgan fingerprint density at radius 1 is 1.22 bits per heavy atom. The lowest BCUT2D eigenvalue weighted by molar-refractivity contribution is 0.111. The lowest BCUT2D eigenvalue weighted by Gasteiger charge is -2.06. The number of nitrogen functional groups attached to an aromatic ring is 1. The number of rotatable bonds is 1. The summed E-state index contributed by atoms with van der Waals surface area (Å²) in [6.45, 7) is 5.90. The third-order valence-corrected chi connectivity index (χ3v) is 1.51. The van der Waals surface area contributed by atoms with E-state index in [2.05, 4.69) is 19.9 Å². The van der Waals surface area contributed by atoms with Crippen molar-refractivity contribution in [3.05, 3.63) is 16.2 Å². The topological polar surface area (TPSA) is 144 Å². The van der Waals surface area contributed by atoms with E-state index in [4.69, 9.17) is 11.5 Å². The van der Waals surface area contributed by atoms with Crippen LogP contribution < -0.4 is 17.0 Å². The predicted molar refractivity (Wildman–Crippen MR) is 68.2 cm³/mol. The van der Waals surface area contributed by atoms with Crippen LogP contribution in [0.25, 0.3) is 11.2 Å². The molecule has 0 aromatic carbocycles. The summed E-state index contributed by atoms with van der Waals surface area (Å²) in [6, 6.07) is 0. The Kier molecular flexibility index (Phi) is 3.82. The maximum atomic E-state index is 11.2. The fraction of sp³-hybridized carbons (Fsp3) is 0.400. The van der Waals surface area contributed by atoms with Gasteiger partial charge in [0.2, 0.25) is 5.95 Å². The van der Waals surface area contributed by atoms with Crippen molar-refractivity contribution in [3.63, 3.8) is 0 Å². The van der Waals surface area contributed by atoms with E-state index in [0.29, 0.717) is 6.29 Å². The Morgan fingerprint density at radius 2 is 1.78 bits per heavy atom. The number of nitrogens with zero attached hydrogens (tertiary/aromatic N) is 2. The van der Waals surface area contributed by atoms with Crippen molar-refractivity contribution in [2.45, 2.75) is 26.3 Å². The molecule has 0 spiro atoms. The number of fused-ring (bicyclic) bond motifs is 1. The van der Waals surface area contributed by atoms with Gasteiger partial charge in [0.1, 0.15) is 0 Å². The van der Waals surface area contributed by atoms with Gasteiger partial charge in [0, 0.05) is 5.54 Å². The SMILES string of the molecule is CC(C)(C)N.Nc1nc2nc(C=O)[nH]c2c(=O)[nH]1. The number of aromatic amines is 2. The van der Waals surface area contributed by atoms with Gasteiger partial charge in [-0.15, -0.1) is 0 Å². The number of imidazole rings is 1. The van der Waals surface area contributed by atoms with Crippen LogP contribution in [0.4, 0.5) is 5.95 Å². The zero-order valence-corrected chi connectivity index (χ0v) is 10.4. The molecule has 0 aliphatic heterocycles. The molecule has 98 valence electrons. The Hall–Kier alpha value is -2.22. The molecule has 0 saturated carbocycles. The second kappa shape index (κ2) is 4.96. The van der Waals surface area contributed by atoms with E-state index in [9.17, 15) is 9.59 Å². The van der Waals surface area contributed by atoms with Gasteiger partial charge in [0.25, 0.3) is 5.56 Å². The maximum absolute atomic E-state index is 11.2. The summed E-state index contributed by atoms with van der Waals surface area (Å²) >= 11 is 0. The van der Waals surface area contributed by atoms with Crippen LogP contribution >= 0.6 is 0 Å². The van der Waals surface area contributed by atoms with E-state index in [1.165, 1.54) is 0 Å². The molecule has 8 nitrogen and oxygen atoms in total. The van der Waals surface area contributed by atoms with Gasteiger partial charge < -0.3 is 16.5 Å². The Bertz CT molecular complexity index is 601. The number of nitrogens with two attached hydrogens (primary N) is 2. The van der Waals surface area contributed by atoms with Crippen molar-refractivity contribution >= 4 is 23.4 Å². The molecule has 0 saturated heterocycles. The van der Waals surface area contributed by atoms with Gasteiger partial charge in [-0.05, 0) is 20.8 Å². The molecule has 2 aromatic heterocycles. The van der Waals surface area contributed by atoms with Crippen molar-refractivity contribution in [2.75, 3.05) is 5.73 Å². The number of carbonyl (C=O) groups is 1. The molecule has 8 heteroatoms. The fourth-order valence-electron chi connectivity index (χ4n) is 0.998. The maximum Gasteiger partial charge on any atom is 0.278 e. The van der Waals surface area contributed by atoms with Gasteiger partial charge in [-0.25, -0.2) is 4.98 Å². The van der Waals surface area contributed by atoms with Gasteiger partial charge in [-0.3, -0.25) is 14.6 Å². The smallest absolute Gasteiger partial charge is 0.278 e. The number of anilines is 1. The molecule has 0 aliphatic rings. The Balaban J connectivity index is 0.000000280. The lowest BCUT2D eigenvalue weighted by Crippen LogP contribution is -2.26. The molecule has 0 fully saturated rings. The van der Waals surface area contributed by atoms with E-state index in [-0.39, 0.29) is 28.5 Å². The molecule has 0 amide bonds. The van der Waals surface area contributed by atoms with Crippen LogP contribution in [-0.2, 0) is 0 Å². The van der Waals surface area contributed by atoms with Gasteiger partial charge >= 0.3 is 0 Å². The summed E-state index contributed by atoms with van der Waals surface area (Å²) in [6.07, 6.45) is 0.497. The minimum absolute atomic E-state index is 0. The zero-order chi connectivity index (χ0) is 13.9. The summed E-state index contributed by atoms with van der Waals surface area (Å²) in [4.78, 5) is 33.7. The van der Waals surface area contributed by atoms with Crippen LogP contribution in [0, 0.1) is 0 Å². The molecule has 0 aliphatic carbocycles. The summed E-state index contributed by atoms with van der Waals surface area (Å²) in [7, 11) is 0. The molecule has 2 aromatic rings. The summed E-state index contributed by atoms with van der Waals surface area (Å²) < 4.78 is 0. The highest BCUT2D eigenvalue weighted by Crippen LogP contribution is 2.02. The molecule has 2 heterocycles. The molecular formula is C10H16N6O2. The number of hydrogen-bond donors (Lipinski definition) is 4. The molecule has 2 rings (SSSR count). The van der Waals surface area contributed by atoms with Crippen LogP contribution in [0.15, 0.2) is 4.79 Å². The first-order valence-corrected chi connectivity index (χ1v) is 5.20. The first-order chi connectivity index (χ1) is 8.20. The second-order valence-corrected chi connectivity index (χ2v) is 4.76. The first kappa shape index (κ1) is 13.8. The molecule has 0 atom stereocenters. The van der Waals surface area contributed by atoms with Gasteiger partial charge in [0.15, 0.2) is 23.3 Å². The number of H-pyrrole nitrogens is 2. The average Bonchev–Trinajstić information content (AvgIpc) is 2.58. The highest BCUT2D eigenvalue weighted by molar-refractivity contribution is 5.79. The predicted octanol–water partition coefficient (Wildman–Crippen LogP) is -0.215. The van der Waals surface area contributed by atoms with Crippen LogP contribution in [0.1, 0.15) is 31.4 Å². The highest BCUT2D eigenvalue weighted by atomic mass is 16.1. The first-order valence-electron chi connectivity index (χ1n) is 5.20. The van der Waals surface area contributed by atoms with E-state index in [0.717, 1.165) is 0 Å². The Labute approximate surface area is 103 Å². The zero-order valence-electron chi connectivity index (χ0n) is 10.4. The quantitative estimate of drug-likeness (QED) is 0.517. The van der Waals surface area contributed by atoms with Crippen molar-refractivity contribution in [1.82, 2.24) is 19.9 Å². The average molecular weight is 252 g/mol. The van der Waals surface area contributed by atoms with Gasteiger partial charge in [-0.1, -0.05) is 0 Å². The molecular weight excluding hydrogens is 236 g/mol. The van der Waals surface area contributed by atoms with Crippen LogP contribution in [0.3, 0.4) is 0 Å². The standard InChI is InChI=1S/C6H5N5O2.C4H11N/c7-6-10-4-3(5(13)11-6)8-2(1-12)9-4;1-4(2,3)5/h1H,(H4,7,8,9,10,11,13);5H2,1-3H3. The fourth-order valence-corrected chi connectivity index (χ4v) is 0.998. The van der Waals surface area contributed by atoms with Crippen molar-refractivity contribution in [2.24, 2.45) is 5.73 Å². The van der Waals surface area contributed by atoms with Crippen molar-refractivity contribution in [1.29, 1.82) is 0 Å². The van der Waals surface area contributed by atoms with Gasteiger partial charge in [-0.2, -0.15) is 4.98 Å². The molecule has 6 N–H and O–H groups in total. The van der Waals surface area contributed by atoms with E-state index in [1.807, 2.05) is 20.8 Å². The van der Waals surface area contributed by atoms with E-state index < -0.39 is 5.56 Å². The third-order valence-electron chi connectivity index (χ3n) is 1.51. The second-order valence-electron chi connectivity index (χ2n) is 4.76. The van der Waals surface area contributed by atoms with E-state index in [1.54, 1.807) is 0 Å². The third kappa shape index (κ3) is 3.98. The highest BCUT2D eigenvalue weighted by Gasteiger charge is 2.07. The van der Waals surface area contributed by atoms with Crippen LogP contribution in [-0.4, -0.2) is 31.8 Å². The normalized spacial score (nSPS) is 10.9. The van der Waals surface area contributed by atoms with E-state index >= 15 is 0 Å². The molecule has 0 bridgehead atoms. The van der Waals surface area contributed by atoms with Gasteiger partial charge in [0.05, 0.1) is 0 Å². The number of nitrogens with one attached hydrogen (secondary N) is 2. The minimum Gasteiger partial charge on any atom is -0.369 e. The van der Waals surface area contributed by atoms with Crippen LogP contribution in [0.5, 0.6) is 0 Å². The molecule has 18 heavy (non-hydrogen) atoms. The minimum atomic E-state index is -0.442. The summed E-state index contributed by atoms with van der Waals surface area (Å²) in [5, 5.41) is 0. The number of aldehydes is 1. The number of hydrogen-bond acceptors (Lipinski definition) is 6. The monoisotopic (exact) mass is 252 g/mol. The largest absolute Gasteiger partial charge is 0.369 e. The summed E-state index contributed by atoms with van der Waals surface area (Å²) in [5.74, 6) is 0.0278. The lowest BCUT2D eigenvalue weighted by atomic mass is 10.1. The van der Waals surface area contributed by atoms with Crippen molar-refractivity contribution < 1.29 is 4.79 Å². The van der Waals surface area contributed by atoms with Crippen molar-refractivity contribution in [3.8, 4) is 0 Å². The van der Waals surface area contributed by atoms with Crippen LogP contribution in [0.2, 0.25) is 0 Å². The number of carbonyl (C=O) groups excluding carboxylic acids is 1. The molecule has 0 unspecified atom stereocenters. The summed E-state index contributed by atoms with van der Waals surface area (Å²) in [5.41, 5.74) is 10.5.